The van der Waals surface area contributed by atoms with Crippen LogP contribution in [-0.2, 0) is 4.79 Å². The van der Waals surface area contributed by atoms with Gasteiger partial charge >= 0.3 is 0 Å². The van der Waals surface area contributed by atoms with E-state index in [1.54, 1.807) is 19.9 Å². The third-order valence-corrected chi connectivity index (χ3v) is 3.74. The molecule has 0 unspecified atom stereocenters. The van der Waals surface area contributed by atoms with Gasteiger partial charge in [-0.3, -0.25) is 20.4 Å². The molecule has 0 fully saturated rings. The Morgan fingerprint density at radius 1 is 1.13 bits per heavy atom. The number of halogens is 3. The molecule has 1 aromatic heterocycles. The summed E-state index contributed by atoms with van der Waals surface area (Å²) in [6.45, 7) is 3.42. The summed E-state index contributed by atoms with van der Waals surface area (Å²) in [5, 5.41) is 5.18. The van der Waals surface area contributed by atoms with Crippen LogP contribution < -0.4 is 10.9 Å². The predicted octanol–water partition coefficient (Wildman–Crippen LogP) is 3.31. The number of rotatable bonds is 3. The summed E-state index contributed by atoms with van der Waals surface area (Å²) in [4.78, 5) is 23.2. The molecule has 0 bridgehead atoms. The smallest absolute Gasteiger partial charge is 0.273 e. The molecule has 0 radical (unpaired) electrons. The Kier molecular flexibility index (Phi) is 5.51. The Morgan fingerprint density at radius 3 is 2.30 bits per heavy atom. The van der Waals surface area contributed by atoms with Crippen LogP contribution in [0.5, 0.6) is 0 Å². The second-order valence-electron chi connectivity index (χ2n) is 4.66. The second-order valence-corrected chi connectivity index (χ2v) is 5.91. The normalized spacial score (nSPS) is 10.5. The Bertz CT molecular complexity index is 750. The fourth-order valence-corrected chi connectivity index (χ4v) is 2.80. The number of aromatic nitrogens is 2. The number of hydrogen-bond donors (Lipinski definition) is 2. The van der Waals surface area contributed by atoms with Gasteiger partial charge < -0.3 is 0 Å². The molecular formula is C14H13Cl3N4O2. The Hall–Kier alpha value is -1.76. The molecule has 1 heterocycles. The first-order valence-electron chi connectivity index (χ1n) is 6.64. The maximum absolute atomic E-state index is 12.0. The quantitative estimate of drug-likeness (QED) is 0.808. The Balaban J connectivity index is 2.32. The SMILES string of the molecule is CCC(=O)NNC(=O)c1cc(C)n(-c2c(Cl)cc(Cl)cc2Cl)n1. The van der Waals surface area contributed by atoms with E-state index < -0.39 is 5.91 Å². The first kappa shape index (κ1) is 17.6. The highest BCUT2D eigenvalue weighted by molar-refractivity contribution is 6.40. The topological polar surface area (TPSA) is 76.0 Å². The van der Waals surface area contributed by atoms with Crippen LogP contribution in [0.4, 0.5) is 0 Å². The van der Waals surface area contributed by atoms with Crippen LogP contribution in [0.3, 0.4) is 0 Å². The molecule has 0 aliphatic carbocycles. The van der Waals surface area contributed by atoms with Crippen molar-refractivity contribution in [2.45, 2.75) is 20.3 Å². The molecule has 2 N–H and O–H groups in total. The van der Waals surface area contributed by atoms with E-state index in [0.717, 1.165) is 0 Å². The highest BCUT2D eigenvalue weighted by atomic mass is 35.5. The largest absolute Gasteiger partial charge is 0.290 e. The van der Waals surface area contributed by atoms with Crippen molar-refractivity contribution in [1.29, 1.82) is 0 Å². The van der Waals surface area contributed by atoms with Gasteiger partial charge in [0.2, 0.25) is 5.91 Å². The van der Waals surface area contributed by atoms with E-state index >= 15 is 0 Å². The van der Waals surface area contributed by atoms with Crippen LogP contribution in [0, 0.1) is 6.92 Å². The van der Waals surface area contributed by atoms with Gasteiger partial charge in [0.15, 0.2) is 5.69 Å². The molecule has 0 atom stereocenters. The number of hydrogen-bond acceptors (Lipinski definition) is 3. The number of amides is 2. The van der Waals surface area contributed by atoms with Crippen molar-refractivity contribution in [3.8, 4) is 5.69 Å². The minimum absolute atomic E-state index is 0.112. The maximum atomic E-state index is 12.0. The average Bonchev–Trinajstić information content (AvgIpc) is 2.85. The van der Waals surface area contributed by atoms with Gasteiger partial charge in [-0.1, -0.05) is 41.7 Å². The number of carbonyl (C=O) groups is 2. The van der Waals surface area contributed by atoms with Crippen LogP contribution in [-0.4, -0.2) is 21.6 Å². The van der Waals surface area contributed by atoms with Gasteiger partial charge in [0.1, 0.15) is 5.69 Å². The van der Waals surface area contributed by atoms with Crippen molar-refractivity contribution < 1.29 is 9.59 Å². The first-order valence-corrected chi connectivity index (χ1v) is 7.77. The summed E-state index contributed by atoms with van der Waals surface area (Å²) in [5.41, 5.74) is 5.73. The summed E-state index contributed by atoms with van der Waals surface area (Å²) < 4.78 is 1.44. The van der Waals surface area contributed by atoms with Crippen molar-refractivity contribution in [3.05, 3.63) is 44.7 Å². The predicted molar refractivity (Wildman–Crippen MR) is 89.2 cm³/mol. The molecule has 23 heavy (non-hydrogen) atoms. The highest BCUT2D eigenvalue weighted by Gasteiger charge is 2.17. The lowest BCUT2D eigenvalue weighted by molar-refractivity contribution is -0.121. The summed E-state index contributed by atoms with van der Waals surface area (Å²) in [6, 6.07) is 4.62. The zero-order valence-electron chi connectivity index (χ0n) is 12.3. The van der Waals surface area contributed by atoms with Gasteiger partial charge in [-0.15, -0.1) is 0 Å². The lowest BCUT2D eigenvalue weighted by Crippen LogP contribution is -2.41. The standard InChI is InChI=1S/C14H13Cl3N4O2/c1-3-12(22)18-19-14(23)11-4-7(2)21(20-11)13-9(16)5-8(15)6-10(13)17/h4-6H,3H2,1-2H3,(H,18,22)(H,19,23). The summed E-state index contributed by atoms with van der Waals surface area (Å²) >= 11 is 18.2. The van der Waals surface area contributed by atoms with Crippen LogP contribution in [0.1, 0.15) is 29.5 Å². The van der Waals surface area contributed by atoms with Crippen molar-refractivity contribution in [1.82, 2.24) is 20.6 Å². The van der Waals surface area contributed by atoms with Gasteiger partial charge in [0.25, 0.3) is 5.91 Å². The molecule has 0 spiro atoms. The van der Waals surface area contributed by atoms with Crippen molar-refractivity contribution in [2.75, 3.05) is 0 Å². The molecule has 2 aromatic rings. The van der Waals surface area contributed by atoms with Gasteiger partial charge in [-0.25, -0.2) is 4.68 Å². The van der Waals surface area contributed by atoms with E-state index in [9.17, 15) is 9.59 Å². The van der Waals surface area contributed by atoms with Crippen molar-refractivity contribution in [2.24, 2.45) is 0 Å². The zero-order chi connectivity index (χ0) is 17.1. The number of aryl methyl sites for hydroxylation is 1. The van der Waals surface area contributed by atoms with Gasteiger partial charge in [0.05, 0.1) is 10.0 Å². The number of carbonyl (C=O) groups excluding carboxylic acids is 2. The minimum atomic E-state index is -0.546. The molecule has 0 aliphatic rings. The van der Waals surface area contributed by atoms with E-state index in [4.69, 9.17) is 34.8 Å². The Morgan fingerprint density at radius 2 is 1.74 bits per heavy atom. The highest BCUT2D eigenvalue weighted by Crippen LogP contribution is 2.32. The fraction of sp³-hybridized carbons (Fsp3) is 0.214. The van der Waals surface area contributed by atoms with E-state index in [1.165, 1.54) is 16.8 Å². The van der Waals surface area contributed by atoms with E-state index in [-0.39, 0.29) is 18.0 Å². The molecule has 1 aromatic carbocycles. The molecule has 0 saturated heterocycles. The van der Waals surface area contributed by atoms with Gasteiger partial charge in [-0.2, -0.15) is 5.10 Å². The zero-order valence-corrected chi connectivity index (χ0v) is 14.6. The first-order chi connectivity index (χ1) is 10.8. The van der Waals surface area contributed by atoms with E-state index in [0.29, 0.717) is 26.4 Å². The third-order valence-electron chi connectivity index (χ3n) is 2.95. The van der Waals surface area contributed by atoms with E-state index in [1.807, 2.05) is 0 Å². The van der Waals surface area contributed by atoms with Crippen molar-refractivity contribution >= 4 is 46.6 Å². The molecule has 2 amide bonds. The molecule has 0 aliphatic heterocycles. The number of nitrogens with zero attached hydrogens (tertiary/aromatic N) is 2. The van der Waals surface area contributed by atoms with Gasteiger partial charge in [0, 0.05) is 17.1 Å². The minimum Gasteiger partial charge on any atom is -0.273 e. The monoisotopic (exact) mass is 374 g/mol. The number of nitrogens with one attached hydrogen (secondary N) is 2. The van der Waals surface area contributed by atoms with Gasteiger partial charge in [-0.05, 0) is 25.1 Å². The summed E-state index contributed by atoms with van der Waals surface area (Å²) in [6.07, 6.45) is 0.254. The molecule has 122 valence electrons. The lowest BCUT2D eigenvalue weighted by atomic mass is 10.3. The third kappa shape index (κ3) is 3.96. The number of hydrazine groups is 1. The molecule has 0 saturated carbocycles. The van der Waals surface area contributed by atoms with Crippen LogP contribution in [0.15, 0.2) is 18.2 Å². The van der Waals surface area contributed by atoms with Crippen LogP contribution in [0.2, 0.25) is 15.1 Å². The average molecular weight is 376 g/mol. The summed E-state index contributed by atoms with van der Waals surface area (Å²) in [7, 11) is 0. The van der Waals surface area contributed by atoms with Crippen molar-refractivity contribution in [3.63, 3.8) is 0 Å². The molecule has 6 nitrogen and oxygen atoms in total. The van der Waals surface area contributed by atoms with Crippen LogP contribution >= 0.6 is 34.8 Å². The van der Waals surface area contributed by atoms with E-state index in [2.05, 4.69) is 16.0 Å². The Labute approximate surface area is 147 Å². The molecular weight excluding hydrogens is 363 g/mol. The molecule has 2 rings (SSSR count). The summed E-state index contributed by atoms with van der Waals surface area (Å²) in [5.74, 6) is -0.854. The fourth-order valence-electron chi connectivity index (χ4n) is 1.83. The number of benzene rings is 1. The van der Waals surface area contributed by atoms with Crippen LogP contribution in [0.25, 0.3) is 5.69 Å². The lowest BCUT2D eigenvalue weighted by Gasteiger charge is -2.09. The second kappa shape index (κ2) is 7.21. The maximum Gasteiger partial charge on any atom is 0.290 e. The molecule has 9 heteroatoms.